The van der Waals surface area contributed by atoms with Gasteiger partial charge in [0.15, 0.2) is 0 Å². The number of benzene rings is 1. The van der Waals surface area contributed by atoms with Crippen molar-refractivity contribution in [3.05, 3.63) is 23.8 Å². The molecule has 0 bridgehead atoms. The van der Waals surface area contributed by atoms with Crippen LogP contribution in [0.3, 0.4) is 0 Å². The molecule has 3 N–H and O–H groups in total. The largest absolute Gasteiger partial charge is 0.497 e. The number of hydrogen-bond acceptors (Lipinski definition) is 5. The summed E-state index contributed by atoms with van der Waals surface area (Å²) < 4.78 is 35.6. The second-order valence-electron chi connectivity index (χ2n) is 3.61. The van der Waals surface area contributed by atoms with Gasteiger partial charge in [-0.3, -0.25) is 0 Å². The highest BCUT2D eigenvalue weighted by Crippen LogP contribution is 2.24. The van der Waals surface area contributed by atoms with E-state index in [2.05, 4.69) is 4.72 Å². The smallest absolute Gasteiger partial charge is 0.213 e. The van der Waals surface area contributed by atoms with Crippen molar-refractivity contribution in [3.63, 3.8) is 0 Å². The van der Waals surface area contributed by atoms with Gasteiger partial charge < -0.3 is 15.2 Å². The zero-order chi connectivity index (χ0) is 13.6. The average Bonchev–Trinajstić information content (AvgIpc) is 2.36. The lowest BCUT2D eigenvalue weighted by molar-refractivity contribution is 0.390. The molecule has 1 aromatic carbocycles. The number of ether oxygens (including phenoxy) is 2. The van der Waals surface area contributed by atoms with Crippen LogP contribution in [0.4, 0.5) is 0 Å². The molecule has 18 heavy (non-hydrogen) atoms. The minimum atomic E-state index is -3.33. The molecule has 0 radical (unpaired) electrons. The quantitative estimate of drug-likeness (QED) is 0.735. The van der Waals surface area contributed by atoms with Crippen LogP contribution in [0.1, 0.15) is 5.56 Å². The Kier molecular flexibility index (Phi) is 5.39. The van der Waals surface area contributed by atoms with Crippen LogP contribution < -0.4 is 19.9 Å². The Balaban J connectivity index is 2.79. The summed E-state index contributed by atoms with van der Waals surface area (Å²) in [6, 6.07) is 5.20. The van der Waals surface area contributed by atoms with Crippen molar-refractivity contribution in [2.75, 3.05) is 26.5 Å². The maximum atomic E-state index is 11.5. The average molecular weight is 274 g/mol. The van der Waals surface area contributed by atoms with Gasteiger partial charge in [0.1, 0.15) is 11.5 Å². The summed E-state index contributed by atoms with van der Waals surface area (Å²) in [6.07, 6.45) is 0. The van der Waals surface area contributed by atoms with Gasteiger partial charge in [-0.25, -0.2) is 13.1 Å². The van der Waals surface area contributed by atoms with Crippen LogP contribution >= 0.6 is 0 Å². The number of nitrogens with one attached hydrogen (secondary N) is 1. The molecule has 0 unspecified atom stereocenters. The van der Waals surface area contributed by atoms with Gasteiger partial charge >= 0.3 is 0 Å². The Morgan fingerprint density at radius 3 is 2.56 bits per heavy atom. The summed E-state index contributed by atoms with van der Waals surface area (Å²) in [4.78, 5) is 0. The van der Waals surface area contributed by atoms with E-state index < -0.39 is 10.0 Å². The van der Waals surface area contributed by atoms with E-state index in [1.165, 1.54) is 7.11 Å². The molecule has 0 aliphatic heterocycles. The molecule has 102 valence electrons. The van der Waals surface area contributed by atoms with Crippen LogP contribution in [0.25, 0.3) is 0 Å². The SMILES string of the molecule is COc1ccc(CNS(=O)(=O)CCN)c(OC)c1. The van der Waals surface area contributed by atoms with E-state index in [0.29, 0.717) is 11.5 Å². The molecule has 6 nitrogen and oxygen atoms in total. The first kappa shape index (κ1) is 14.7. The fourth-order valence-electron chi connectivity index (χ4n) is 1.41. The summed E-state index contributed by atoms with van der Waals surface area (Å²) in [5.74, 6) is 1.14. The summed E-state index contributed by atoms with van der Waals surface area (Å²) in [6.45, 7) is 0.255. The summed E-state index contributed by atoms with van der Waals surface area (Å²) >= 11 is 0. The van der Waals surface area contributed by atoms with E-state index in [4.69, 9.17) is 15.2 Å². The lowest BCUT2D eigenvalue weighted by Gasteiger charge is -2.11. The van der Waals surface area contributed by atoms with Crippen LogP contribution in [0.5, 0.6) is 11.5 Å². The van der Waals surface area contributed by atoms with E-state index in [1.807, 2.05) is 0 Å². The van der Waals surface area contributed by atoms with Crippen LogP contribution in [0, 0.1) is 0 Å². The fraction of sp³-hybridized carbons (Fsp3) is 0.455. The number of sulfonamides is 1. The Labute approximate surface area is 107 Å². The monoisotopic (exact) mass is 274 g/mol. The topological polar surface area (TPSA) is 90.7 Å². The molecule has 0 amide bonds. The van der Waals surface area contributed by atoms with Gasteiger partial charge in [0.2, 0.25) is 10.0 Å². The van der Waals surface area contributed by atoms with Gasteiger partial charge in [-0.1, -0.05) is 6.07 Å². The highest BCUT2D eigenvalue weighted by molar-refractivity contribution is 7.89. The van der Waals surface area contributed by atoms with Crippen molar-refractivity contribution < 1.29 is 17.9 Å². The first-order chi connectivity index (χ1) is 8.52. The standard InChI is InChI=1S/C11H18N2O4S/c1-16-10-4-3-9(11(7-10)17-2)8-13-18(14,15)6-5-12/h3-4,7,13H,5-6,8,12H2,1-2H3. The molecule has 0 atom stereocenters. The van der Waals surface area contributed by atoms with Gasteiger partial charge in [0.05, 0.1) is 20.0 Å². The second kappa shape index (κ2) is 6.58. The molecule has 0 saturated heterocycles. The van der Waals surface area contributed by atoms with E-state index in [-0.39, 0.29) is 18.8 Å². The van der Waals surface area contributed by atoms with Crippen molar-refractivity contribution in [2.45, 2.75) is 6.54 Å². The Morgan fingerprint density at radius 2 is 2.00 bits per heavy atom. The van der Waals surface area contributed by atoms with Crippen molar-refractivity contribution >= 4 is 10.0 Å². The van der Waals surface area contributed by atoms with Gasteiger partial charge in [0.25, 0.3) is 0 Å². The van der Waals surface area contributed by atoms with Gasteiger partial charge in [0, 0.05) is 24.7 Å². The van der Waals surface area contributed by atoms with E-state index in [9.17, 15) is 8.42 Å². The van der Waals surface area contributed by atoms with Crippen LogP contribution in [-0.2, 0) is 16.6 Å². The first-order valence-electron chi connectivity index (χ1n) is 5.40. The number of methoxy groups -OCH3 is 2. The molecule has 1 aromatic rings. The molecule has 0 fully saturated rings. The highest BCUT2D eigenvalue weighted by atomic mass is 32.2. The number of hydrogen-bond donors (Lipinski definition) is 2. The maximum Gasteiger partial charge on any atom is 0.213 e. The molecule has 0 aliphatic rings. The van der Waals surface area contributed by atoms with E-state index >= 15 is 0 Å². The molecular formula is C11H18N2O4S. The van der Waals surface area contributed by atoms with Crippen LogP contribution in [-0.4, -0.2) is 34.9 Å². The minimum absolute atomic E-state index is 0.0918. The second-order valence-corrected chi connectivity index (χ2v) is 5.53. The highest BCUT2D eigenvalue weighted by Gasteiger charge is 2.11. The number of nitrogens with two attached hydrogens (primary N) is 1. The molecule has 7 heteroatoms. The van der Waals surface area contributed by atoms with Crippen LogP contribution in [0.2, 0.25) is 0 Å². The molecule has 0 saturated carbocycles. The molecular weight excluding hydrogens is 256 g/mol. The van der Waals surface area contributed by atoms with E-state index in [0.717, 1.165) is 5.56 Å². The Hall–Kier alpha value is -1.31. The van der Waals surface area contributed by atoms with Gasteiger partial charge in [-0.05, 0) is 6.07 Å². The molecule has 0 aromatic heterocycles. The lowest BCUT2D eigenvalue weighted by atomic mass is 10.2. The van der Waals surface area contributed by atoms with Gasteiger partial charge in [-0.15, -0.1) is 0 Å². The van der Waals surface area contributed by atoms with Crippen molar-refractivity contribution in [2.24, 2.45) is 5.73 Å². The molecule has 0 spiro atoms. The maximum absolute atomic E-state index is 11.5. The minimum Gasteiger partial charge on any atom is -0.497 e. The summed E-state index contributed by atoms with van der Waals surface area (Å²) in [5, 5.41) is 0. The van der Waals surface area contributed by atoms with Crippen molar-refractivity contribution in [1.82, 2.24) is 4.72 Å². The summed E-state index contributed by atoms with van der Waals surface area (Å²) in [7, 11) is -0.258. The number of rotatable bonds is 7. The normalized spacial score (nSPS) is 11.3. The van der Waals surface area contributed by atoms with Crippen molar-refractivity contribution in [1.29, 1.82) is 0 Å². The van der Waals surface area contributed by atoms with E-state index in [1.54, 1.807) is 25.3 Å². The summed E-state index contributed by atoms with van der Waals surface area (Å²) in [5.41, 5.74) is 5.95. The molecule has 1 rings (SSSR count). The zero-order valence-electron chi connectivity index (χ0n) is 10.5. The lowest BCUT2D eigenvalue weighted by Crippen LogP contribution is -2.29. The first-order valence-corrected chi connectivity index (χ1v) is 7.06. The third-order valence-electron chi connectivity index (χ3n) is 2.36. The van der Waals surface area contributed by atoms with Crippen molar-refractivity contribution in [3.8, 4) is 11.5 Å². The Bertz CT molecular complexity index is 488. The zero-order valence-corrected chi connectivity index (χ0v) is 11.3. The predicted molar refractivity (Wildman–Crippen MR) is 69.2 cm³/mol. The molecule has 0 aliphatic carbocycles. The van der Waals surface area contributed by atoms with Crippen LogP contribution in [0.15, 0.2) is 18.2 Å². The fourth-order valence-corrected chi connectivity index (χ4v) is 2.24. The van der Waals surface area contributed by atoms with Gasteiger partial charge in [-0.2, -0.15) is 0 Å². The third-order valence-corrected chi connectivity index (χ3v) is 3.72. The Morgan fingerprint density at radius 1 is 1.28 bits per heavy atom. The molecule has 0 heterocycles. The third kappa shape index (κ3) is 4.17. The predicted octanol–water partition coefficient (Wildman–Crippen LogP) is 0.0819.